The third kappa shape index (κ3) is 4.22. The van der Waals surface area contributed by atoms with Crippen molar-refractivity contribution in [1.82, 2.24) is 10.6 Å². The lowest BCUT2D eigenvalue weighted by atomic mass is 9.93. The number of unbranched alkanes of at least 4 members (excludes halogenated alkanes) is 1. The van der Waals surface area contributed by atoms with Gasteiger partial charge in [0.05, 0.1) is 30.4 Å². The number of methoxy groups -OCH3 is 1. The fourth-order valence-corrected chi connectivity index (χ4v) is 3.00. The van der Waals surface area contributed by atoms with Crippen LogP contribution in [0.2, 0.25) is 5.02 Å². The van der Waals surface area contributed by atoms with E-state index in [1.54, 1.807) is 6.92 Å². The maximum atomic E-state index is 12.6. The fraction of sp³-hybridized carbons (Fsp3) is 0.444. The zero-order chi connectivity index (χ0) is 19.3. The number of phenolic OH excluding ortho intramolecular Hbond substituents is 1. The van der Waals surface area contributed by atoms with Crippen LogP contribution in [0, 0.1) is 0 Å². The van der Waals surface area contributed by atoms with E-state index in [2.05, 4.69) is 10.6 Å². The van der Waals surface area contributed by atoms with Crippen molar-refractivity contribution in [1.29, 1.82) is 0 Å². The number of rotatable bonds is 7. The lowest BCUT2D eigenvalue weighted by Gasteiger charge is -2.29. The fourth-order valence-electron chi connectivity index (χ4n) is 2.78. The predicted molar refractivity (Wildman–Crippen MR) is 97.3 cm³/mol. The second-order valence-electron chi connectivity index (χ2n) is 5.80. The van der Waals surface area contributed by atoms with E-state index < -0.39 is 18.0 Å². The topological polar surface area (TPSA) is 96.9 Å². The van der Waals surface area contributed by atoms with E-state index in [-0.39, 0.29) is 23.1 Å². The Morgan fingerprint density at radius 2 is 2.08 bits per heavy atom. The number of esters is 1. The maximum absolute atomic E-state index is 12.6. The Labute approximate surface area is 157 Å². The van der Waals surface area contributed by atoms with Crippen molar-refractivity contribution in [2.24, 2.45) is 0 Å². The summed E-state index contributed by atoms with van der Waals surface area (Å²) in [6.45, 7) is 3.95. The summed E-state index contributed by atoms with van der Waals surface area (Å²) in [6, 6.07) is 1.85. The Balaban J connectivity index is 2.57. The van der Waals surface area contributed by atoms with Crippen molar-refractivity contribution in [2.45, 2.75) is 39.2 Å². The van der Waals surface area contributed by atoms with Crippen LogP contribution in [-0.4, -0.2) is 30.8 Å². The molecule has 0 saturated heterocycles. The Kier molecular flexibility index (Phi) is 6.74. The number of carbonyl (C=O) groups is 2. The molecule has 0 aliphatic carbocycles. The van der Waals surface area contributed by atoms with Crippen LogP contribution in [-0.2, 0) is 9.53 Å². The second-order valence-corrected chi connectivity index (χ2v) is 6.21. The minimum Gasteiger partial charge on any atom is -0.503 e. The Bertz CT molecular complexity index is 733. The van der Waals surface area contributed by atoms with Gasteiger partial charge < -0.3 is 25.2 Å². The molecule has 1 heterocycles. The molecule has 1 aliphatic rings. The first-order valence-corrected chi connectivity index (χ1v) is 8.84. The van der Waals surface area contributed by atoms with Crippen LogP contribution in [0.4, 0.5) is 4.79 Å². The third-order valence-corrected chi connectivity index (χ3v) is 4.32. The number of hydrogen-bond acceptors (Lipinski definition) is 5. The van der Waals surface area contributed by atoms with Gasteiger partial charge in [0, 0.05) is 5.70 Å². The molecule has 0 spiro atoms. The average Bonchev–Trinajstić information content (AvgIpc) is 2.61. The van der Waals surface area contributed by atoms with E-state index in [0.717, 1.165) is 12.8 Å². The molecule has 1 aromatic rings. The summed E-state index contributed by atoms with van der Waals surface area (Å²) in [5.74, 6) is -0.566. The van der Waals surface area contributed by atoms with Crippen LogP contribution in [0.5, 0.6) is 11.5 Å². The van der Waals surface area contributed by atoms with Crippen LogP contribution in [0.15, 0.2) is 23.4 Å². The minimum absolute atomic E-state index is 0.0606. The van der Waals surface area contributed by atoms with Gasteiger partial charge in [0.1, 0.15) is 0 Å². The van der Waals surface area contributed by atoms with Crippen LogP contribution < -0.4 is 15.4 Å². The number of ether oxygens (including phenoxy) is 2. The van der Waals surface area contributed by atoms with Crippen molar-refractivity contribution in [3.63, 3.8) is 0 Å². The summed E-state index contributed by atoms with van der Waals surface area (Å²) in [7, 11) is 1.39. The van der Waals surface area contributed by atoms with Gasteiger partial charge in [0.25, 0.3) is 0 Å². The maximum Gasteiger partial charge on any atom is 0.338 e. The third-order valence-electron chi connectivity index (χ3n) is 4.03. The van der Waals surface area contributed by atoms with Gasteiger partial charge in [-0.25, -0.2) is 9.59 Å². The highest BCUT2D eigenvalue weighted by Gasteiger charge is 2.34. The zero-order valence-corrected chi connectivity index (χ0v) is 15.8. The second kappa shape index (κ2) is 8.80. The van der Waals surface area contributed by atoms with Crippen molar-refractivity contribution < 1.29 is 24.2 Å². The number of aromatic hydroxyl groups is 1. The number of amides is 2. The molecule has 3 N–H and O–H groups in total. The Morgan fingerprint density at radius 3 is 2.69 bits per heavy atom. The normalized spacial score (nSPS) is 16.8. The van der Waals surface area contributed by atoms with Gasteiger partial charge in [-0.1, -0.05) is 24.9 Å². The van der Waals surface area contributed by atoms with Gasteiger partial charge >= 0.3 is 12.0 Å². The molecule has 1 aliphatic heterocycles. The molecule has 0 aromatic heterocycles. The molecule has 0 bridgehead atoms. The first kappa shape index (κ1) is 19.9. The van der Waals surface area contributed by atoms with Crippen molar-refractivity contribution in [3.05, 3.63) is 34.0 Å². The molecule has 0 radical (unpaired) electrons. The lowest BCUT2D eigenvalue weighted by molar-refractivity contribution is -0.139. The Hall–Kier alpha value is -2.41. The number of carbonyl (C=O) groups excluding carboxylic acids is 2. The van der Waals surface area contributed by atoms with E-state index in [1.165, 1.54) is 19.2 Å². The number of phenols is 1. The SMILES string of the molecule is CCCCC1=C(C(=O)OCC)C(c2cc(Cl)c(O)c(OC)c2)NC(=O)N1. The van der Waals surface area contributed by atoms with Gasteiger partial charge in [-0.2, -0.15) is 0 Å². The zero-order valence-electron chi connectivity index (χ0n) is 15.0. The van der Waals surface area contributed by atoms with Gasteiger partial charge in [-0.05, 0) is 37.5 Å². The lowest BCUT2D eigenvalue weighted by Crippen LogP contribution is -2.46. The average molecular weight is 383 g/mol. The number of hydrogen-bond donors (Lipinski definition) is 3. The predicted octanol–water partition coefficient (Wildman–Crippen LogP) is 3.42. The molecule has 8 heteroatoms. The first-order valence-electron chi connectivity index (χ1n) is 8.46. The van der Waals surface area contributed by atoms with Crippen molar-refractivity contribution in [2.75, 3.05) is 13.7 Å². The van der Waals surface area contributed by atoms with E-state index in [0.29, 0.717) is 23.3 Å². The number of halogens is 1. The minimum atomic E-state index is -0.762. The van der Waals surface area contributed by atoms with Crippen LogP contribution >= 0.6 is 11.6 Å². The number of nitrogens with one attached hydrogen (secondary N) is 2. The van der Waals surface area contributed by atoms with Gasteiger partial charge in [-0.15, -0.1) is 0 Å². The molecule has 2 rings (SSSR count). The molecule has 26 heavy (non-hydrogen) atoms. The highest BCUT2D eigenvalue weighted by molar-refractivity contribution is 6.32. The molecule has 0 fully saturated rings. The molecule has 1 atom stereocenters. The number of benzene rings is 1. The quantitative estimate of drug-likeness (QED) is 0.628. The van der Waals surface area contributed by atoms with E-state index in [9.17, 15) is 14.7 Å². The summed E-state index contributed by atoms with van der Waals surface area (Å²) >= 11 is 6.07. The molecular formula is C18H23ClN2O5. The summed E-state index contributed by atoms with van der Waals surface area (Å²) in [4.78, 5) is 24.7. The largest absolute Gasteiger partial charge is 0.503 e. The molecule has 142 valence electrons. The van der Waals surface area contributed by atoms with Crippen molar-refractivity contribution >= 4 is 23.6 Å². The molecule has 1 aromatic carbocycles. The monoisotopic (exact) mass is 382 g/mol. The van der Waals surface area contributed by atoms with Gasteiger partial charge in [-0.3, -0.25) is 0 Å². The standard InChI is InChI=1S/C18H23ClN2O5/c1-4-6-7-12-14(17(23)26-5-2)15(21-18(24)20-12)10-8-11(19)16(22)13(9-10)25-3/h8-9,15,22H,4-7H2,1-3H3,(H2,20,21,24). The summed E-state index contributed by atoms with van der Waals surface area (Å²) < 4.78 is 10.3. The van der Waals surface area contributed by atoms with Crippen LogP contribution in [0.25, 0.3) is 0 Å². The van der Waals surface area contributed by atoms with Gasteiger partial charge in [0.15, 0.2) is 11.5 Å². The van der Waals surface area contributed by atoms with E-state index in [1.807, 2.05) is 6.92 Å². The Morgan fingerprint density at radius 1 is 1.35 bits per heavy atom. The highest BCUT2D eigenvalue weighted by Crippen LogP contribution is 2.39. The highest BCUT2D eigenvalue weighted by atomic mass is 35.5. The molecule has 0 saturated carbocycles. The van der Waals surface area contributed by atoms with E-state index in [4.69, 9.17) is 21.1 Å². The molecular weight excluding hydrogens is 360 g/mol. The summed E-state index contributed by atoms with van der Waals surface area (Å²) in [5.41, 5.74) is 1.36. The number of allylic oxidation sites excluding steroid dienone is 1. The molecule has 1 unspecified atom stereocenters. The molecule has 2 amide bonds. The van der Waals surface area contributed by atoms with Crippen LogP contribution in [0.3, 0.4) is 0 Å². The summed E-state index contributed by atoms with van der Waals surface area (Å²) in [6.07, 6.45) is 2.26. The first-order chi connectivity index (χ1) is 12.4. The van der Waals surface area contributed by atoms with Crippen LogP contribution in [0.1, 0.15) is 44.7 Å². The molecule has 7 nitrogen and oxygen atoms in total. The van der Waals surface area contributed by atoms with E-state index >= 15 is 0 Å². The van der Waals surface area contributed by atoms with Crippen molar-refractivity contribution in [3.8, 4) is 11.5 Å². The summed E-state index contributed by atoms with van der Waals surface area (Å²) in [5, 5.41) is 15.4. The smallest absolute Gasteiger partial charge is 0.338 e. The number of urea groups is 1. The van der Waals surface area contributed by atoms with Gasteiger partial charge in [0.2, 0.25) is 0 Å².